The van der Waals surface area contributed by atoms with Crippen LogP contribution < -0.4 is 0 Å². The first-order valence-electron chi connectivity index (χ1n) is 13.6. The summed E-state index contributed by atoms with van der Waals surface area (Å²) in [6, 6.07) is 0. The molecule has 2 unspecified atom stereocenters. The van der Waals surface area contributed by atoms with Crippen LogP contribution in [0.3, 0.4) is 0 Å². The van der Waals surface area contributed by atoms with Crippen LogP contribution in [0.4, 0.5) is 0 Å². The Morgan fingerprint density at radius 2 is 1.81 bits per heavy atom. The topological polar surface area (TPSA) is 0 Å². The van der Waals surface area contributed by atoms with E-state index in [-0.39, 0.29) is 7.43 Å². The first-order valence-corrected chi connectivity index (χ1v) is 13.6. The minimum absolute atomic E-state index is 0. The minimum atomic E-state index is 0. The van der Waals surface area contributed by atoms with Gasteiger partial charge in [0.25, 0.3) is 0 Å². The van der Waals surface area contributed by atoms with Gasteiger partial charge in [0.2, 0.25) is 0 Å². The second-order valence-electron chi connectivity index (χ2n) is 11.7. The maximum atomic E-state index is 4.38. The summed E-state index contributed by atoms with van der Waals surface area (Å²) in [5.41, 5.74) is 8.85. The fraction of sp³-hybridized carbons (Fsp3) is 0.750. The Hall–Kier alpha value is -1.04. The van der Waals surface area contributed by atoms with E-state index in [9.17, 15) is 0 Å². The summed E-state index contributed by atoms with van der Waals surface area (Å²) in [4.78, 5) is 0. The highest BCUT2D eigenvalue weighted by atomic mass is 14.4. The van der Waals surface area contributed by atoms with Crippen molar-refractivity contribution in [3.8, 4) is 0 Å². The van der Waals surface area contributed by atoms with E-state index in [4.69, 9.17) is 0 Å². The lowest BCUT2D eigenvalue weighted by Gasteiger charge is -2.38. The fourth-order valence-electron chi connectivity index (χ4n) is 6.96. The van der Waals surface area contributed by atoms with Crippen molar-refractivity contribution >= 4 is 0 Å². The normalized spacial score (nSPS) is 28.0. The van der Waals surface area contributed by atoms with E-state index in [0.717, 1.165) is 17.8 Å². The molecule has 0 aromatic carbocycles. The highest BCUT2D eigenvalue weighted by Gasteiger charge is 2.31. The van der Waals surface area contributed by atoms with Gasteiger partial charge in [-0.05, 0) is 118 Å². The van der Waals surface area contributed by atoms with E-state index < -0.39 is 0 Å². The van der Waals surface area contributed by atoms with Gasteiger partial charge in [0.05, 0.1) is 0 Å². The average molecular weight is 439 g/mol. The number of rotatable bonds is 7. The van der Waals surface area contributed by atoms with Crippen molar-refractivity contribution < 1.29 is 0 Å². The molecular formula is C32H54. The van der Waals surface area contributed by atoms with Crippen LogP contribution >= 0.6 is 0 Å². The minimum Gasteiger partial charge on any atom is -0.0998 e. The first kappa shape index (κ1) is 27.2. The van der Waals surface area contributed by atoms with Crippen LogP contribution in [0.25, 0.3) is 0 Å². The third kappa shape index (κ3) is 7.23. The van der Waals surface area contributed by atoms with Gasteiger partial charge in [-0.2, -0.15) is 0 Å². The van der Waals surface area contributed by atoms with E-state index in [1.807, 2.05) is 19.4 Å². The molecule has 0 amide bonds. The molecule has 0 heterocycles. The first-order chi connectivity index (χ1) is 14.9. The van der Waals surface area contributed by atoms with Gasteiger partial charge in [-0.3, -0.25) is 0 Å². The second kappa shape index (κ2) is 12.4. The smallest absolute Gasteiger partial charge is 0.0203 e. The molecule has 182 valence electrons. The molecule has 0 N–H and O–H groups in total. The number of allylic oxidation sites excluding steroid dienone is 7. The molecule has 0 radical (unpaired) electrons. The van der Waals surface area contributed by atoms with Crippen LogP contribution in [0, 0.1) is 23.2 Å². The quantitative estimate of drug-likeness (QED) is 0.347. The van der Waals surface area contributed by atoms with Crippen molar-refractivity contribution in [1.29, 1.82) is 0 Å². The van der Waals surface area contributed by atoms with E-state index in [2.05, 4.69) is 39.5 Å². The van der Waals surface area contributed by atoms with Crippen molar-refractivity contribution in [3.63, 3.8) is 0 Å². The number of hydrogen-bond acceptors (Lipinski definition) is 0. The zero-order valence-corrected chi connectivity index (χ0v) is 21.5. The Morgan fingerprint density at radius 1 is 1.09 bits per heavy atom. The van der Waals surface area contributed by atoms with Crippen molar-refractivity contribution in [3.05, 3.63) is 46.6 Å². The highest BCUT2D eigenvalue weighted by molar-refractivity contribution is 5.41. The maximum absolute atomic E-state index is 4.38. The van der Waals surface area contributed by atoms with E-state index in [1.54, 1.807) is 16.7 Å². The lowest BCUT2D eigenvalue weighted by atomic mass is 9.67. The monoisotopic (exact) mass is 438 g/mol. The van der Waals surface area contributed by atoms with Crippen LogP contribution in [0.5, 0.6) is 0 Å². The molecule has 4 aliphatic rings. The molecule has 0 aromatic rings. The Labute approximate surface area is 201 Å². The standard InChI is InChI=1S/C29H44.C2H6.CH4/c1-21-16-24(20-29(3,4)19-21)18-27(28-15-12-22(28)2)11-7-8-23-13-14-26(17-23)25-9-5-6-10-25;1-2;/h11,17,23-25H,1,5-10,12-16,18-20H2,2-4H3;1-2H3;1H4/b27-11-;;. The molecule has 32 heavy (non-hydrogen) atoms. The number of hydrogen-bond donors (Lipinski definition) is 0. The van der Waals surface area contributed by atoms with E-state index >= 15 is 0 Å². The van der Waals surface area contributed by atoms with Gasteiger partial charge in [0, 0.05) is 0 Å². The van der Waals surface area contributed by atoms with Crippen LogP contribution in [-0.2, 0) is 0 Å². The summed E-state index contributed by atoms with van der Waals surface area (Å²) >= 11 is 0. The van der Waals surface area contributed by atoms with Crippen LogP contribution in [0.2, 0.25) is 0 Å². The van der Waals surface area contributed by atoms with Crippen molar-refractivity contribution in [2.75, 3.05) is 0 Å². The zero-order chi connectivity index (χ0) is 22.4. The van der Waals surface area contributed by atoms with Gasteiger partial charge in [-0.15, -0.1) is 0 Å². The second-order valence-corrected chi connectivity index (χ2v) is 11.7. The Bertz CT molecular complexity index is 704. The average Bonchev–Trinajstić information content (AvgIpc) is 3.38. The molecule has 0 spiro atoms. The SMILES string of the molecule is C.C=C1CC(C/C(=C/CCC2C=C(C3CCCC3)CC2)C2=C(C)CC2)CC(C)(C)C1.CC. The molecule has 0 nitrogen and oxygen atoms in total. The molecule has 0 bridgehead atoms. The Balaban J connectivity index is 0.00000118. The third-order valence-corrected chi connectivity index (χ3v) is 8.37. The van der Waals surface area contributed by atoms with Gasteiger partial charge in [0.15, 0.2) is 0 Å². The van der Waals surface area contributed by atoms with Gasteiger partial charge in [0.1, 0.15) is 0 Å². The molecule has 4 aliphatic carbocycles. The van der Waals surface area contributed by atoms with Crippen LogP contribution in [0.15, 0.2) is 46.6 Å². The molecule has 0 aromatic heterocycles. The fourth-order valence-corrected chi connectivity index (χ4v) is 6.96. The maximum Gasteiger partial charge on any atom is -0.0203 e. The van der Waals surface area contributed by atoms with Crippen LogP contribution in [0.1, 0.15) is 132 Å². The van der Waals surface area contributed by atoms with Gasteiger partial charge in [-0.1, -0.05) is 83.4 Å². The summed E-state index contributed by atoms with van der Waals surface area (Å²) in [6.07, 6.45) is 24.5. The summed E-state index contributed by atoms with van der Waals surface area (Å²) in [5, 5.41) is 0. The summed E-state index contributed by atoms with van der Waals surface area (Å²) in [6.45, 7) is 15.6. The van der Waals surface area contributed by atoms with E-state index in [0.29, 0.717) is 5.41 Å². The predicted octanol–water partition coefficient (Wildman–Crippen LogP) is 10.8. The molecule has 4 rings (SSSR count). The molecule has 0 saturated heterocycles. The lowest BCUT2D eigenvalue weighted by Crippen LogP contribution is -2.24. The van der Waals surface area contributed by atoms with Gasteiger partial charge >= 0.3 is 0 Å². The summed E-state index contributed by atoms with van der Waals surface area (Å²) in [7, 11) is 0. The zero-order valence-electron chi connectivity index (χ0n) is 21.5. The van der Waals surface area contributed by atoms with Crippen LogP contribution in [-0.4, -0.2) is 0 Å². The molecule has 0 aliphatic heterocycles. The largest absolute Gasteiger partial charge is 0.0998 e. The van der Waals surface area contributed by atoms with E-state index in [1.165, 1.54) is 95.5 Å². The third-order valence-electron chi connectivity index (χ3n) is 8.37. The molecule has 2 atom stereocenters. The van der Waals surface area contributed by atoms with Crippen molar-refractivity contribution in [2.24, 2.45) is 23.2 Å². The van der Waals surface area contributed by atoms with Gasteiger partial charge < -0.3 is 0 Å². The molecular weight excluding hydrogens is 384 g/mol. The Kier molecular flexibility index (Phi) is 10.6. The Morgan fingerprint density at radius 3 is 2.41 bits per heavy atom. The highest BCUT2D eigenvalue weighted by Crippen LogP contribution is 2.46. The lowest BCUT2D eigenvalue weighted by molar-refractivity contribution is 0.222. The predicted molar refractivity (Wildman–Crippen MR) is 145 cm³/mol. The summed E-state index contributed by atoms with van der Waals surface area (Å²) < 4.78 is 0. The van der Waals surface area contributed by atoms with Gasteiger partial charge in [-0.25, -0.2) is 0 Å². The van der Waals surface area contributed by atoms with Crippen molar-refractivity contribution in [2.45, 2.75) is 132 Å². The molecule has 2 fully saturated rings. The molecule has 0 heteroatoms. The summed E-state index contributed by atoms with van der Waals surface area (Å²) in [5.74, 6) is 2.61. The van der Waals surface area contributed by atoms with Crippen molar-refractivity contribution in [1.82, 2.24) is 0 Å². The molecule has 2 saturated carbocycles.